The molecule has 4 aromatic heterocycles. The van der Waals surface area contributed by atoms with Crippen molar-refractivity contribution in [3.05, 3.63) is 263 Å². The van der Waals surface area contributed by atoms with Gasteiger partial charge in [0.15, 0.2) is 0 Å². The van der Waals surface area contributed by atoms with Crippen molar-refractivity contribution in [3.63, 3.8) is 0 Å². The largest absolute Gasteiger partial charge is 4.00 e. The zero-order chi connectivity index (χ0) is 77.4. The van der Waals surface area contributed by atoms with Gasteiger partial charge in [-0.2, -0.15) is 0 Å². The van der Waals surface area contributed by atoms with Crippen LogP contribution >= 0.6 is 0 Å². The Morgan fingerprint density at radius 1 is 0.217 bits per heavy atom. The predicted molar refractivity (Wildman–Crippen MR) is 405 cm³/mol. The summed E-state index contributed by atoms with van der Waals surface area (Å²) in [6.45, 7) is 39.2. The van der Waals surface area contributed by atoms with Crippen LogP contribution in [0.15, 0.2) is 239 Å². The molecule has 4 heterocycles. The van der Waals surface area contributed by atoms with Gasteiger partial charge in [0.25, 0.3) is 0 Å². The first kappa shape index (κ1) is 121. The summed E-state index contributed by atoms with van der Waals surface area (Å²) in [4.78, 5) is 16.4. The van der Waals surface area contributed by atoms with E-state index >= 15 is 0 Å². The number of rotatable bonds is 12. The molecular weight excluding hydrogens is 1650 g/mol. The van der Waals surface area contributed by atoms with Gasteiger partial charge in [-0.25, -0.2) is 0 Å². The van der Waals surface area contributed by atoms with Crippen molar-refractivity contribution in [3.8, 4) is 0 Å². The molecule has 0 amide bonds. The summed E-state index contributed by atoms with van der Waals surface area (Å²) >= 11 is 0. The Hall–Kier alpha value is -5.51. The summed E-state index contributed by atoms with van der Waals surface area (Å²) in [6, 6.07) is 61.0. The fourth-order valence-electron chi connectivity index (χ4n) is 4.41. The zero-order valence-corrected chi connectivity index (χ0v) is 76.4. The van der Waals surface area contributed by atoms with Crippen molar-refractivity contribution in [2.75, 3.05) is 0 Å². The molecule has 0 radical (unpaired) electrons. The molecule has 0 saturated carbocycles. The van der Waals surface area contributed by atoms with E-state index in [-0.39, 0.29) is 116 Å². The van der Waals surface area contributed by atoms with Crippen LogP contribution in [-0.2, 0) is 116 Å². The molecule has 0 bridgehead atoms. The Bertz CT molecular complexity index is 2720. The number of benzene rings is 4. The number of aromatic nitrogens is 4. The topological polar surface area (TPSA) is 399 Å². The van der Waals surface area contributed by atoms with Gasteiger partial charge in [-0.05, 0) is 48.5 Å². The molecule has 0 spiro atoms. The second-order valence-corrected chi connectivity index (χ2v) is 28.6. The Kier molecular flexibility index (Phi) is 78.8. The second-order valence-electron chi connectivity index (χ2n) is 28.6. The minimum absolute atomic E-state index is 0. The Morgan fingerprint density at radius 3 is 0.434 bits per heavy atom. The molecule has 106 heavy (non-hydrogen) atoms. The van der Waals surface area contributed by atoms with Crippen molar-refractivity contribution >= 4 is 47.6 Å². The summed E-state index contributed by atoms with van der Waals surface area (Å²) in [5.74, 6) is 0. The van der Waals surface area contributed by atoms with E-state index < -0.39 is 44.8 Å². The van der Waals surface area contributed by atoms with Crippen LogP contribution in [0, 0.1) is 0 Å². The number of pyridine rings is 4. The first-order valence-corrected chi connectivity index (χ1v) is 32.2. The number of nitrogens with zero attached hydrogens (tertiary/aromatic N) is 12. The van der Waals surface area contributed by atoms with Crippen LogP contribution in [0.2, 0.25) is 0 Å². The second kappa shape index (κ2) is 68.7. The van der Waals surface area contributed by atoms with E-state index in [1.165, 1.54) is 0 Å². The molecule has 26 heteroatoms. The van der Waals surface area contributed by atoms with Crippen molar-refractivity contribution in [1.82, 2.24) is 19.9 Å². The minimum atomic E-state index is -0.750. The predicted octanol–water partition coefficient (Wildman–Crippen LogP) is 13.4. The summed E-state index contributed by atoms with van der Waals surface area (Å²) in [5, 5.41) is 96.6. The summed E-state index contributed by atoms with van der Waals surface area (Å²) < 4.78 is 0. The van der Waals surface area contributed by atoms with Crippen LogP contribution in [0.3, 0.4) is 0 Å². The maximum absolute atomic E-state index is 10.1. The van der Waals surface area contributed by atoms with Gasteiger partial charge in [-0.15, -0.1) is 67.6 Å². The SMILES string of the molecule is C(=N\[N-]c1ccccc1)/c1ccccn1.C(=N\[N-]c1ccccc1)/c1ccccn1.C(=N\[N-]c1ccccc1)/c1ccccn1.C(=N\[N-]c1ccccc1)/c1ccccn1.CC(C)(C)[O-].CC(C)(C)[O-].CC(C)(C)[O-].CC(C)(C)[O-].CC(C)(C)[O-].CC(C)(C)[O-].CC(C)(C)[O-].CC(C)(C)[O-].[O-2].[O-2].[Zr+4].[Zr+4].[Zr+4].[Zr+4]. The molecule has 8 aromatic rings. The van der Waals surface area contributed by atoms with Gasteiger partial charge in [-0.3, -0.25) is 19.9 Å². The van der Waals surface area contributed by atoms with Gasteiger partial charge >= 0.3 is 105 Å². The molecule has 0 saturated heterocycles. The third-order valence-electron chi connectivity index (χ3n) is 7.23. The van der Waals surface area contributed by atoms with Gasteiger partial charge in [0.05, 0.1) is 22.8 Å². The van der Waals surface area contributed by atoms with E-state index in [2.05, 4.69) is 62.0 Å². The Morgan fingerprint density at radius 2 is 0.330 bits per heavy atom. The van der Waals surface area contributed by atoms with E-state index in [4.69, 9.17) is 0 Å². The fourth-order valence-corrected chi connectivity index (χ4v) is 4.41. The van der Waals surface area contributed by atoms with Crippen LogP contribution < -0.4 is 40.9 Å². The summed E-state index contributed by atoms with van der Waals surface area (Å²) in [6.07, 6.45) is 13.4. The molecule has 0 aliphatic rings. The maximum Gasteiger partial charge on any atom is 4.00 e. The molecule has 0 fully saturated rings. The summed E-state index contributed by atoms with van der Waals surface area (Å²) in [5.41, 5.74) is 16.7. The van der Waals surface area contributed by atoms with Crippen molar-refractivity contribution in [1.29, 1.82) is 0 Å². The van der Waals surface area contributed by atoms with Gasteiger partial charge in [-0.1, -0.05) is 312 Å². The van der Waals surface area contributed by atoms with Gasteiger partial charge in [0.1, 0.15) is 0 Å². The Balaban J connectivity index is -0.000000122. The van der Waals surface area contributed by atoms with Crippen molar-refractivity contribution in [2.24, 2.45) is 20.4 Å². The molecule has 4 aromatic carbocycles. The maximum atomic E-state index is 10.1. The normalized spacial score (nSPS) is 10.4. The molecule has 0 unspecified atom stereocenters. The first-order chi connectivity index (χ1) is 45.8. The average molecular weight is 1770 g/mol. The van der Waals surface area contributed by atoms with E-state index in [1.54, 1.807) is 216 Å². The molecule has 0 aliphatic carbocycles. The number of hydrogen-bond acceptors (Lipinski definition) is 16. The van der Waals surface area contributed by atoms with Crippen LogP contribution in [0.1, 0.15) is 189 Å². The molecule has 22 nitrogen and oxygen atoms in total. The monoisotopic (exact) mass is 1760 g/mol. The van der Waals surface area contributed by atoms with E-state index in [1.807, 2.05) is 194 Å². The van der Waals surface area contributed by atoms with E-state index in [0.29, 0.717) is 0 Å². The van der Waals surface area contributed by atoms with E-state index in [0.717, 1.165) is 45.5 Å². The van der Waals surface area contributed by atoms with Crippen molar-refractivity contribution in [2.45, 2.75) is 211 Å². The smallest absolute Gasteiger partial charge is 2.00 e. The molecular formula is C80H112N12O10Zr4. The van der Waals surface area contributed by atoms with Gasteiger partial charge in [0, 0.05) is 49.6 Å². The third kappa shape index (κ3) is 138. The van der Waals surface area contributed by atoms with Crippen LogP contribution in [0.25, 0.3) is 21.7 Å². The van der Waals surface area contributed by atoms with Gasteiger partial charge < -0.3 is 93.9 Å². The molecule has 8 rings (SSSR count). The van der Waals surface area contributed by atoms with Crippen LogP contribution in [-0.4, -0.2) is 89.6 Å². The molecule has 0 atom stereocenters. The van der Waals surface area contributed by atoms with E-state index in [9.17, 15) is 40.9 Å². The molecule has 568 valence electrons. The number of hydrogen-bond donors (Lipinski definition) is 0. The average Bonchev–Trinajstić information content (AvgIpc) is 0.958. The van der Waals surface area contributed by atoms with Gasteiger partial charge in [0.2, 0.25) is 0 Å². The summed E-state index contributed by atoms with van der Waals surface area (Å²) in [7, 11) is 0. The van der Waals surface area contributed by atoms with Crippen LogP contribution in [0.4, 0.5) is 22.7 Å². The zero-order valence-electron chi connectivity index (χ0n) is 66.5. The first-order valence-electron chi connectivity index (χ1n) is 32.2. The fraction of sp³-hybridized carbons (Fsp3) is 0.400. The van der Waals surface area contributed by atoms with Crippen molar-refractivity contribution < 1.29 is 157 Å². The quantitative estimate of drug-likeness (QED) is 0.0813. The van der Waals surface area contributed by atoms with Crippen LogP contribution in [0.5, 0.6) is 0 Å². The molecule has 0 N–H and O–H groups in total. The molecule has 0 aliphatic heterocycles. The minimum Gasteiger partial charge on any atom is -2.00 e. The Labute approximate surface area is 712 Å². The standard InChI is InChI=1S/4C12H10N3.8C4H9O.2O.4Zr/c4*1-2-6-11(7-3-1)15-14-10-12-8-4-5-9-13-12;8*1-4(2,3)5;;;;;;/h4*1-10H;8*1-3H3;;;;;;/q12*-1;2*-2;4*+4/b4*14-10+;;;;;;;;;;;;;;. The third-order valence-corrected chi connectivity index (χ3v) is 7.23.